The molecule has 2 heterocycles. The van der Waals surface area contributed by atoms with E-state index in [0.29, 0.717) is 12.2 Å². The zero-order valence-electron chi connectivity index (χ0n) is 17.3. The van der Waals surface area contributed by atoms with E-state index in [1.54, 1.807) is 18.9 Å². The Balaban J connectivity index is 1.63. The van der Waals surface area contributed by atoms with E-state index in [2.05, 4.69) is 39.9 Å². The van der Waals surface area contributed by atoms with Crippen LogP contribution >= 0.6 is 11.8 Å². The van der Waals surface area contributed by atoms with Crippen LogP contribution in [0.5, 0.6) is 5.75 Å². The highest BCUT2D eigenvalue weighted by atomic mass is 32.2. The molecule has 0 spiro atoms. The van der Waals surface area contributed by atoms with Crippen molar-refractivity contribution in [1.29, 1.82) is 0 Å². The first-order valence-electron chi connectivity index (χ1n) is 9.90. The van der Waals surface area contributed by atoms with E-state index in [4.69, 9.17) is 4.74 Å². The van der Waals surface area contributed by atoms with Gasteiger partial charge < -0.3 is 10.1 Å². The summed E-state index contributed by atoms with van der Waals surface area (Å²) in [4.78, 5) is 23.5. The monoisotopic (exact) mass is 437 g/mol. The number of thioether (sulfide) groups is 1. The zero-order valence-corrected chi connectivity index (χ0v) is 18.1. The molecule has 0 bridgehead atoms. The highest BCUT2D eigenvalue weighted by Gasteiger charge is 2.26. The number of ether oxygens (including phenoxy) is 1. The van der Waals surface area contributed by atoms with Crippen LogP contribution < -0.4 is 15.4 Å². The van der Waals surface area contributed by atoms with Gasteiger partial charge in [0.1, 0.15) is 11.6 Å². The predicted molar refractivity (Wildman–Crippen MR) is 117 cm³/mol. The van der Waals surface area contributed by atoms with E-state index in [1.807, 2.05) is 41.0 Å². The van der Waals surface area contributed by atoms with Crippen molar-refractivity contribution < 1.29 is 14.3 Å². The molecule has 1 fully saturated rings. The third-order valence-electron chi connectivity index (χ3n) is 5.10. The average Bonchev–Trinajstić information content (AvgIpc) is 3.14. The Kier molecular flexibility index (Phi) is 6.22. The van der Waals surface area contributed by atoms with E-state index < -0.39 is 6.03 Å². The Morgan fingerprint density at radius 3 is 2.61 bits per heavy atom. The lowest BCUT2D eigenvalue weighted by molar-refractivity contribution is -0.121. The number of nitrogens with zero attached hydrogens (tertiary/aromatic N) is 3. The topological polar surface area (TPSA) is 98.1 Å². The lowest BCUT2D eigenvalue weighted by atomic mass is 10.1. The molecule has 2 N–H and O–H groups in total. The number of nitrogens with one attached hydrogen (secondary N) is 2. The molecule has 1 aliphatic rings. The van der Waals surface area contributed by atoms with Crippen LogP contribution in [0.25, 0.3) is 5.69 Å². The molecule has 3 aromatic rings. The largest absolute Gasteiger partial charge is 0.497 e. The summed E-state index contributed by atoms with van der Waals surface area (Å²) in [5.41, 5.74) is 3.34. The van der Waals surface area contributed by atoms with Gasteiger partial charge >= 0.3 is 6.03 Å². The molecule has 1 aliphatic heterocycles. The molecule has 2 aromatic carbocycles. The number of hydrogen-bond donors (Lipinski definition) is 2. The number of methoxy groups -OCH3 is 1. The number of hydrogen-bond acceptors (Lipinski definition) is 6. The fourth-order valence-corrected chi connectivity index (χ4v) is 4.50. The number of imide groups is 1. The van der Waals surface area contributed by atoms with Gasteiger partial charge in [-0.15, -0.1) is 10.2 Å². The Morgan fingerprint density at radius 1 is 1.13 bits per heavy atom. The van der Waals surface area contributed by atoms with Gasteiger partial charge in [-0.2, -0.15) is 0 Å². The van der Waals surface area contributed by atoms with Crippen LogP contribution in [-0.4, -0.2) is 39.9 Å². The minimum atomic E-state index is -0.481. The standard InChI is InChI=1S/C22H23N5O3S/c1-14-5-3-4-6-15(14)13-31-22-26-25-19(11-16-12-20(28)24-21(29)23-16)27(22)17-7-9-18(30-2)10-8-17/h3-10,16H,11-13H2,1-2H3,(H2,23,24,28,29). The summed E-state index contributed by atoms with van der Waals surface area (Å²) < 4.78 is 7.25. The second-order valence-electron chi connectivity index (χ2n) is 7.27. The van der Waals surface area contributed by atoms with Crippen LogP contribution in [0.15, 0.2) is 53.7 Å². The van der Waals surface area contributed by atoms with Crippen molar-refractivity contribution in [3.63, 3.8) is 0 Å². The number of amides is 3. The first-order valence-corrected chi connectivity index (χ1v) is 10.9. The molecule has 1 saturated heterocycles. The molecular formula is C22H23N5O3S. The van der Waals surface area contributed by atoms with Crippen molar-refractivity contribution in [2.24, 2.45) is 0 Å². The highest BCUT2D eigenvalue weighted by Crippen LogP contribution is 2.28. The summed E-state index contributed by atoms with van der Waals surface area (Å²) in [6, 6.07) is 15.1. The molecule has 8 nitrogen and oxygen atoms in total. The summed E-state index contributed by atoms with van der Waals surface area (Å²) >= 11 is 1.59. The summed E-state index contributed by atoms with van der Waals surface area (Å²) in [5, 5.41) is 14.6. The molecule has 1 aromatic heterocycles. The van der Waals surface area contributed by atoms with Crippen LogP contribution in [-0.2, 0) is 17.0 Å². The molecule has 4 rings (SSSR count). The fourth-order valence-electron chi connectivity index (χ4n) is 3.45. The van der Waals surface area contributed by atoms with Gasteiger partial charge in [0.05, 0.1) is 7.11 Å². The number of aryl methyl sites for hydroxylation is 1. The maximum Gasteiger partial charge on any atom is 0.321 e. The Labute approximate surface area is 184 Å². The van der Waals surface area contributed by atoms with Crippen molar-refractivity contribution >= 4 is 23.7 Å². The third kappa shape index (κ3) is 4.88. The molecule has 0 radical (unpaired) electrons. The summed E-state index contributed by atoms with van der Waals surface area (Å²) in [5.74, 6) is 1.89. The van der Waals surface area contributed by atoms with Crippen LogP contribution in [0.3, 0.4) is 0 Å². The average molecular weight is 438 g/mol. The van der Waals surface area contributed by atoms with E-state index >= 15 is 0 Å². The number of aromatic nitrogens is 3. The normalized spacial score (nSPS) is 16.0. The Hall–Kier alpha value is -3.33. The molecule has 3 amide bonds. The summed E-state index contributed by atoms with van der Waals surface area (Å²) in [6.07, 6.45) is 0.593. The minimum Gasteiger partial charge on any atom is -0.497 e. The van der Waals surface area contributed by atoms with Crippen molar-refractivity contribution in [3.05, 3.63) is 65.5 Å². The van der Waals surface area contributed by atoms with E-state index in [0.717, 1.165) is 22.3 Å². The third-order valence-corrected chi connectivity index (χ3v) is 6.08. The van der Waals surface area contributed by atoms with E-state index in [1.165, 1.54) is 11.1 Å². The molecule has 1 unspecified atom stereocenters. The quantitative estimate of drug-likeness (QED) is 0.552. The van der Waals surface area contributed by atoms with Gasteiger partial charge in [0.25, 0.3) is 0 Å². The van der Waals surface area contributed by atoms with Gasteiger partial charge in [-0.25, -0.2) is 4.79 Å². The van der Waals surface area contributed by atoms with Crippen molar-refractivity contribution in [1.82, 2.24) is 25.4 Å². The Bertz CT molecular complexity index is 1080. The zero-order chi connectivity index (χ0) is 21.8. The van der Waals surface area contributed by atoms with Gasteiger partial charge in [-0.3, -0.25) is 14.7 Å². The second kappa shape index (κ2) is 9.22. The first-order chi connectivity index (χ1) is 15.0. The van der Waals surface area contributed by atoms with Gasteiger partial charge in [-0.05, 0) is 42.3 Å². The minimum absolute atomic E-state index is 0.201. The SMILES string of the molecule is COc1ccc(-n2c(CC3CC(=O)NC(=O)N3)nnc2SCc2ccccc2C)cc1. The fraction of sp³-hybridized carbons (Fsp3) is 0.273. The van der Waals surface area contributed by atoms with Crippen LogP contribution in [0.4, 0.5) is 4.79 Å². The second-order valence-corrected chi connectivity index (χ2v) is 8.22. The van der Waals surface area contributed by atoms with E-state index in [9.17, 15) is 9.59 Å². The van der Waals surface area contributed by atoms with Gasteiger partial charge in [0, 0.05) is 30.3 Å². The Morgan fingerprint density at radius 2 is 1.90 bits per heavy atom. The number of carbonyl (C=O) groups is 2. The highest BCUT2D eigenvalue weighted by molar-refractivity contribution is 7.98. The lowest BCUT2D eigenvalue weighted by Gasteiger charge is -2.23. The molecule has 0 saturated carbocycles. The van der Waals surface area contributed by atoms with E-state index in [-0.39, 0.29) is 18.4 Å². The summed E-state index contributed by atoms with van der Waals surface area (Å²) in [6.45, 7) is 2.09. The van der Waals surface area contributed by atoms with Crippen molar-refractivity contribution in [3.8, 4) is 11.4 Å². The van der Waals surface area contributed by atoms with Crippen LogP contribution in [0.1, 0.15) is 23.4 Å². The molecule has 1 atom stereocenters. The van der Waals surface area contributed by atoms with Crippen LogP contribution in [0, 0.1) is 6.92 Å². The maximum atomic E-state index is 11.8. The summed E-state index contributed by atoms with van der Waals surface area (Å²) in [7, 11) is 1.62. The van der Waals surface area contributed by atoms with Gasteiger partial charge in [-0.1, -0.05) is 36.0 Å². The molecule has 160 valence electrons. The number of carbonyl (C=O) groups excluding carboxylic acids is 2. The molecule has 9 heteroatoms. The number of rotatable bonds is 7. The molecule has 31 heavy (non-hydrogen) atoms. The lowest BCUT2D eigenvalue weighted by Crippen LogP contribution is -2.53. The van der Waals surface area contributed by atoms with Crippen molar-refractivity contribution in [2.45, 2.75) is 36.7 Å². The number of benzene rings is 2. The molecular weight excluding hydrogens is 414 g/mol. The predicted octanol–water partition coefficient (Wildman–Crippen LogP) is 3.02. The number of urea groups is 1. The smallest absolute Gasteiger partial charge is 0.321 e. The van der Waals surface area contributed by atoms with Crippen molar-refractivity contribution in [2.75, 3.05) is 7.11 Å². The van der Waals surface area contributed by atoms with Gasteiger partial charge in [0.2, 0.25) is 5.91 Å². The van der Waals surface area contributed by atoms with Gasteiger partial charge in [0.15, 0.2) is 5.16 Å². The first kappa shape index (κ1) is 20.9. The molecule has 0 aliphatic carbocycles. The van der Waals surface area contributed by atoms with Crippen LogP contribution in [0.2, 0.25) is 0 Å². The maximum absolute atomic E-state index is 11.8.